The van der Waals surface area contributed by atoms with E-state index in [1.54, 1.807) is 0 Å². The summed E-state index contributed by atoms with van der Waals surface area (Å²) in [4.78, 5) is 4.82. The van der Waals surface area contributed by atoms with E-state index in [-0.39, 0.29) is 5.60 Å². The van der Waals surface area contributed by atoms with Crippen LogP contribution >= 0.6 is 0 Å². The van der Waals surface area contributed by atoms with Gasteiger partial charge in [0.05, 0.1) is 6.04 Å². The molecule has 1 saturated heterocycles. The highest BCUT2D eigenvalue weighted by atomic mass is 16.5. The number of nitrogens with zero attached hydrogens (tertiary/aromatic N) is 1. The molecule has 1 saturated carbocycles. The number of rotatable bonds is 2. The second-order valence-electron chi connectivity index (χ2n) is 5.45. The van der Waals surface area contributed by atoms with Crippen LogP contribution in [0.3, 0.4) is 0 Å². The van der Waals surface area contributed by atoms with Crippen molar-refractivity contribution in [3.05, 3.63) is 0 Å². The number of hydrazine groups is 1. The zero-order valence-electron chi connectivity index (χ0n) is 10.9. The molecule has 0 spiro atoms. The average molecular weight is 239 g/mol. The van der Waals surface area contributed by atoms with E-state index in [4.69, 9.17) is 15.6 Å². The predicted molar refractivity (Wildman–Crippen MR) is 69.8 cm³/mol. The smallest absolute Gasteiger partial charge is 0.143 e. The fraction of sp³-hybridized carbons (Fsp3) is 0.923. The molecule has 0 aromatic rings. The molecule has 2 aliphatic rings. The normalized spacial score (nSPS) is 32.5. The standard InChI is InChI=1S/C13H25N3O/c1-13(9-6-10-17-13)12(16-14)15-11-7-4-2-3-5-8-11/h11H,2-10,14H2,1H3,(H,15,16). The van der Waals surface area contributed by atoms with Gasteiger partial charge in [-0.05, 0) is 32.6 Å². The van der Waals surface area contributed by atoms with Gasteiger partial charge in [0.15, 0.2) is 0 Å². The van der Waals surface area contributed by atoms with Crippen molar-refractivity contribution in [3.63, 3.8) is 0 Å². The molecule has 1 atom stereocenters. The maximum absolute atomic E-state index is 5.79. The van der Waals surface area contributed by atoms with Crippen LogP contribution in [-0.4, -0.2) is 24.1 Å². The summed E-state index contributed by atoms with van der Waals surface area (Å²) in [5.41, 5.74) is 2.50. The zero-order chi connectivity index (χ0) is 12.1. The van der Waals surface area contributed by atoms with Crippen LogP contribution in [0.25, 0.3) is 0 Å². The molecule has 17 heavy (non-hydrogen) atoms. The van der Waals surface area contributed by atoms with E-state index < -0.39 is 0 Å². The molecule has 3 N–H and O–H groups in total. The van der Waals surface area contributed by atoms with E-state index in [1.807, 2.05) is 0 Å². The fourth-order valence-corrected chi connectivity index (χ4v) is 2.86. The molecular formula is C13H25N3O. The Morgan fingerprint density at radius 1 is 1.24 bits per heavy atom. The van der Waals surface area contributed by atoms with Gasteiger partial charge in [-0.15, -0.1) is 0 Å². The lowest BCUT2D eigenvalue weighted by atomic mass is 10.0. The first-order chi connectivity index (χ1) is 8.24. The molecule has 1 unspecified atom stereocenters. The second-order valence-corrected chi connectivity index (χ2v) is 5.45. The van der Waals surface area contributed by atoms with Crippen LogP contribution in [0.2, 0.25) is 0 Å². The molecule has 0 amide bonds. The molecule has 1 heterocycles. The summed E-state index contributed by atoms with van der Waals surface area (Å²) >= 11 is 0. The quantitative estimate of drug-likeness (QED) is 0.255. The van der Waals surface area contributed by atoms with E-state index in [2.05, 4.69) is 12.3 Å². The highest BCUT2D eigenvalue weighted by molar-refractivity contribution is 5.90. The summed E-state index contributed by atoms with van der Waals surface area (Å²) in [7, 11) is 0. The third-order valence-electron chi connectivity index (χ3n) is 3.99. The molecule has 4 heteroatoms. The van der Waals surface area contributed by atoms with Gasteiger partial charge in [0.2, 0.25) is 0 Å². The molecular weight excluding hydrogens is 214 g/mol. The number of hydrogen-bond donors (Lipinski definition) is 2. The minimum Gasteiger partial charge on any atom is -0.367 e. The molecule has 0 aromatic heterocycles. The lowest BCUT2D eigenvalue weighted by Crippen LogP contribution is -2.48. The summed E-state index contributed by atoms with van der Waals surface area (Å²) in [5.74, 6) is 6.48. The van der Waals surface area contributed by atoms with E-state index in [0.717, 1.165) is 25.3 Å². The van der Waals surface area contributed by atoms with Crippen LogP contribution in [0.4, 0.5) is 0 Å². The first-order valence-electron chi connectivity index (χ1n) is 6.93. The van der Waals surface area contributed by atoms with Crippen molar-refractivity contribution in [1.29, 1.82) is 0 Å². The van der Waals surface area contributed by atoms with Crippen LogP contribution in [0, 0.1) is 0 Å². The number of nitrogens with one attached hydrogen (secondary N) is 1. The number of hydrogen-bond acceptors (Lipinski definition) is 3. The molecule has 0 bridgehead atoms. The second kappa shape index (κ2) is 5.83. The van der Waals surface area contributed by atoms with Gasteiger partial charge >= 0.3 is 0 Å². The van der Waals surface area contributed by atoms with Gasteiger partial charge in [0.25, 0.3) is 0 Å². The molecule has 0 aromatic carbocycles. The van der Waals surface area contributed by atoms with Crippen molar-refractivity contribution < 1.29 is 4.74 Å². The summed E-state index contributed by atoms with van der Waals surface area (Å²) in [6, 6.07) is 0.435. The Hall–Kier alpha value is -0.610. The Morgan fingerprint density at radius 2 is 1.94 bits per heavy atom. The van der Waals surface area contributed by atoms with Gasteiger partial charge in [0, 0.05) is 6.61 Å². The van der Waals surface area contributed by atoms with E-state index in [0.29, 0.717) is 6.04 Å². The van der Waals surface area contributed by atoms with Gasteiger partial charge in [0.1, 0.15) is 11.4 Å². The third kappa shape index (κ3) is 3.19. The van der Waals surface area contributed by atoms with Crippen molar-refractivity contribution in [1.82, 2.24) is 5.43 Å². The van der Waals surface area contributed by atoms with Crippen LogP contribution in [0.1, 0.15) is 58.3 Å². The largest absolute Gasteiger partial charge is 0.367 e. The van der Waals surface area contributed by atoms with Gasteiger partial charge in [-0.3, -0.25) is 4.99 Å². The van der Waals surface area contributed by atoms with E-state index in [9.17, 15) is 0 Å². The predicted octanol–water partition coefficient (Wildman–Crippen LogP) is 2.14. The zero-order valence-corrected chi connectivity index (χ0v) is 10.9. The Kier molecular flexibility index (Phi) is 4.40. The van der Waals surface area contributed by atoms with Crippen molar-refractivity contribution in [3.8, 4) is 0 Å². The Bertz CT molecular complexity index is 264. The third-order valence-corrected chi connectivity index (χ3v) is 3.99. The van der Waals surface area contributed by atoms with Crippen molar-refractivity contribution >= 4 is 5.84 Å². The number of ether oxygens (including phenoxy) is 1. The summed E-state index contributed by atoms with van der Waals surface area (Å²) in [5, 5.41) is 0. The van der Waals surface area contributed by atoms with Gasteiger partial charge in [-0.1, -0.05) is 25.7 Å². The van der Waals surface area contributed by atoms with E-state index >= 15 is 0 Å². The minimum atomic E-state index is -0.277. The summed E-state index contributed by atoms with van der Waals surface area (Å²) < 4.78 is 5.79. The summed E-state index contributed by atoms with van der Waals surface area (Å²) in [6.07, 6.45) is 9.80. The average Bonchev–Trinajstić information content (AvgIpc) is 2.63. The number of nitrogens with two attached hydrogens (primary N) is 1. The van der Waals surface area contributed by atoms with E-state index in [1.165, 1.54) is 38.5 Å². The molecule has 4 nitrogen and oxygen atoms in total. The Balaban J connectivity index is 2.05. The monoisotopic (exact) mass is 239 g/mol. The van der Waals surface area contributed by atoms with Crippen LogP contribution < -0.4 is 11.3 Å². The molecule has 0 radical (unpaired) electrons. The molecule has 1 aliphatic carbocycles. The molecule has 1 aliphatic heterocycles. The Morgan fingerprint density at radius 3 is 2.47 bits per heavy atom. The highest BCUT2D eigenvalue weighted by Crippen LogP contribution is 2.27. The van der Waals surface area contributed by atoms with Crippen LogP contribution in [-0.2, 0) is 4.74 Å². The maximum atomic E-state index is 5.79. The highest BCUT2D eigenvalue weighted by Gasteiger charge is 2.35. The lowest BCUT2D eigenvalue weighted by molar-refractivity contribution is 0.0742. The van der Waals surface area contributed by atoms with Crippen molar-refractivity contribution in [2.45, 2.75) is 69.9 Å². The van der Waals surface area contributed by atoms with Gasteiger partial charge in [-0.2, -0.15) is 0 Å². The Labute approximate surface area is 104 Å². The maximum Gasteiger partial charge on any atom is 0.143 e. The first kappa shape index (κ1) is 12.8. The number of aliphatic imine (C=N–C) groups is 1. The first-order valence-corrected chi connectivity index (χ1v) is 6.93. The van der Waals surface area contributed by atoms with Crippen molar-refractivity contribution in [2.75, 3.05) is 6.61 Å². The molecule has 98 valence electrons. The molecule has 2 fully saturated rings. The lowest BCUT2D eigenvalue weighted by Gasteiger charge is -2.26. The van der Waals surface area contributed by atoms with Crippen LogP contribution in [0.15, 0.2) is 4.99 Å². The SMILES string of the molecule is CC1(C(=NC2CCCCCC2)NN)CCCO1. The van der Waals surface area contributed by atoms with Crippen LogP contribution in [0.5, 0.6) is 0 Å². The van der Waals surface area contributed by atoms with Crippen molar-refractivity contribution in [2.24, 2.45) is 10.8 Å². The van der Waals surface area contributed by atoms with Gasteiger partial charge < -0.3 is 10.2 Å². The molecule has 2 rings (SSSR count). The fourth-order valence-electron chi connectivity index (χ4n) is 2.86. The number of amidine groups is 1. The van der Waals surface area contributed by atoms with Gasteiger partial charge in [-0.25, -0.2) is 5.84 Å². The minimum absolute atomic E-state index is 0.277. The summed E-state index contributed by atoms with van der Waals surface area (Å²) in [6.45, 7) is 2.91. The topological polar surface area (TPSA) is 59.6 Å².